The molecule has 1 heterocycles. The van der Waals surface area contributed by atoms with E-state index in [2.05, 4.69) is 5.32 Å². The van der Waals surface area contributed by atoms with E-state index in [1.165, 1.54) is 0 Å². The smallest absolute Gasteiger partial charge is 0.224 e. The third-order valence-electron chi connectivity index (χ3n) is 2.02. The summed E-state index contributed by atoms with van der Waals surface area (Å²) in [6, 6.07) is 0. The highest BCUT2D eigenvalue weighted by atomic mass is 35.5. The molecule has 0 bridgehead atoms. The van der Waals surface area contributed by atoms with Crippen molar-refractivity contribution in [2.75, 3.05) is 26.7 Å². The highest BCUT2D eigenvalue weighted by molar-refractivity contribution is 6.22. The van der Waals surface area contributed by atoms with Crippen LogP contribution in [0.5, 0.6) is 0 Å². The zero-order valence-corrected chi connectivity index (χ0v) is 8.10. The fourth-order valence-corrected chi connectivity index (χ4v) is 1.69. The summed E-state index contributed by atoms with van der Waals surface area (Å²) in [5.41, 5.74) is 0. The molecule has 0 aromatic rings. The third-order valence-corrected chi connectivity index (χ3v) is 2.31. The number of amides is 1. The van der Waals surface area contributed by atoms with Gasteiger partial charge in [0.05, 0.1) is 5.38 Å². The Bertz CT molecular complexity index is 163. The Morgan fingerprint density at radius 1 is 1.75 bits per heavy atom. The largest absolute Gasteiger partial charge is 0.341 e. The third kappa shape index (κ3) is 2.64. The molecule has 0 aromatic heterocycles. The molecular weight excluding hydrogens is 176 g/mol. The highest BCUT2D eigenvalue weighted by Crippen LogP contribution is 2.15. The summed E-state index contributed by atoms with van der Waals surface area (Å²) in [6.07, 6.45) is 1.52. The normalized spacial score (nSPS) is 23.7. The molecule has 1 unspecified atom stereocenters. The molecular formula is C8H15ClN2O. The quantitative estimate of drug-likeness (QED) is 0.516. The average molecular weight is 191 g/mol. The van der Waals surface area contributed by atoms with Gasteiger partial charge in [-0.3, -0.25) is 4.79 Å². The van der Waals surface area contributed by atoms with Crippen LogP contribution in [0.15, 0.2) is 0 Å². The Morgan fingerprint density at radius 2 is 2.50 bits per heavy atom. The van der Waals surface area contributed by atoms with Crippen LogP contribution in [0.2, 0.25) is 0 Å². The Hall–Kier alpha value is -0.280. The first-order valence-corrected chi connectivity index (χ1v) is 4.74. The number of hydrogen-bond acceptors (Lipinski definition) is 2. The minimum absolute atomic E-state index is 0.0343. The van der Waals surface area contributed by atoms with Gasteiger partial charge >= 0.3 is 0 Å². The lowest BCUT2D eigenvalue weighted by Crippen LogP contribution is -2.28. The van der Waals surface area contributed by atoms with Crippen molar-refractivity contribution in [2.24, 2.45) is 0 Å². The molecule has 1 aliphatic heterocycles. The van der Waals surface area contributed by atoms with E-state index < -0.39 is 0 Å². The summed E-state index contributed by atoms with van der Waals surface area (Å²) < 4.78 is 0. The van der Waals surface area contributed by atoms with Gasteiger partial charge in [0.2, 0.25) is 5.91 Å². The summed E-state index contributed by atoms with van der Waals surface area (Å²) >= 11 is 5.84. The summed E-state index contributed by atoms with van der Waals surface area (Å²) in [5.74, 6) is 0.200. The summed E-state index contributed by atoms with van der Waals surface area (Å²) in [5, 5.41) is 3.08. The van der Waals surface area contributed by atoms with Gasteiger partial charge in [-0.1, -0.05) is 0 Å². The summed E-state index contributed by atoms with van der Waals surface area (Å²) in [6.45, 7) is 2.52. The first kappa shape index (κ1) is 9.81. The minimum atomic E-state index is 0.0343. The zero-order valence-electron chi connectivity index (χ0n) is 7.35. The van der Waals surface area contributed by atoms with E-state index >= 15 is 0 Å². The molecule has 12 heavy (non-hydrogen) atoms. The van der Waals surface area contributed by atoms with Gasteiger partial charge in [0.15, 0.2) is 0 Å². The second-order valence-corrected chi connectivity index (χ2v) is 3.72. The van der Waals surface area contributed by atoms with E-state index in [0.717, 1.165) is 26.1 Å². The van der Waals surface area contributed by atoms with Crippen molar-refractivity contribution in [3.63, 3.8) is 0 Å². The highest BCUT2D eigenvalue weighted by Gasteiger charge is 2.26. The van der Waals surface area contributed by atoms with Gasteiger partial charge in [-0.15, -0.1) is 11.6 Å². The number of hydrogen-bond donors (Lipinski definition) is 1. The average Bonchev–Trinajstić information content (AvgIpc) is 2.31. The Morgan fingerprint density at radius 3 is 3.00 bits per heavy atom. The van der Waals surface area contributed by atoms with E-state index in [1.54, 1.807) is 0 Å². The maximum absolute atomic E-state index is 11.2. The molecule has 1 atom stereocenters. The van der Waals surface area contributed by atoms with Gasteiger partial charge in [-0.2, -0.15) is 0 Å². The van der Waals surface area contributed by atoms with Crippen LogP contribution in [0.25, 0.3) is 0 Å². The number of nitrogens with zero attached hydrogens (tertiary/aromatic N) is 1. The molecule has 1 saturated heterocycles. The fraction of sp³-hybridized carbons (Fsp3) is 0.875. The number of rotatable bonds is 4. The molecule has 1 amide bonds. The molecule has 1 fully saturated rings. The molecule has 3 nitrogen and oxygen atoms in total. The number of carbonyl (C=O) groups is 1. The van der Waals surface area contributed by atoms with Gasteiger partial charge in [-0.05, 0) is 20.0 Å². The van der Waals surface area contributed by atoms with E-state index in [9.17, 15) is 4.79 Å². The standard InChI is InChI=1S/C8H15ClN2O/c1-10-3-2-4-11-6-7(9)5-8(11)12/h7,10H,2-6H2,1H3. The fourth-order valence-electron chi connectivity index (χ4n) is 1.39. The van der Waals surface area contributed by atoms with E-state index in [0.29, 0.717) is 6.42 Å². The van der Waals surface area contributed by atoms with Gasteiger partial charge in [0.25, 0.3) is 0 Å². The monoisotopic (exact) mass is 190 g/mol. The Kier molecular flexibility index (Phi) is 3.82. The number of likely N-dealkylation sites (tertiary alicyclic amines) is 1. The molecule has 0 radical (unpaired) electrons. The second kappa shape index (κ2) is 4.67. The maximum atomic E-state index is 11.2. The van der Waals surface area contributed by atoms with Crippen molar-refractivity contribution in [3.05, 3.63) is 0 Å². The number of halogens is 1. The van der Waals surface area contributed by atoms with E-state index in [-0.39, 0.29) is 11.3 Å². The molecule has 0 spiro atoms. The van der Waals surface area contributed by atoms with E-state index in [4.69, 9.17) is 11.6 Å². The molecule has 0 aliphatic carbocycles. The molecule has 1 aliphatic rings. The lowest BCUT2D eigenvalue weighted by Gasteiger charge is -2.14. The molecule has 1 rings (SSSR count). The Balaban J connectivity index is 2.19. The predicted molar refractivity (Wildman–Crippen MR) is 49.4 cm³/mol. The topological polar surface area (TPSA) is 32.3 Å². The van der Waals surface area contributed by atoms with Crippen LogP contribution in [0, 0.1) is 0 Å². The van der Waals surface area contributed by atoms with Crippen molar-refractivity contribution >= 4 is 17.5 Å². The van der Waals surface area contributed by atoms with Crippen LogP contribution in [0.1, 0.15) is 12.8 Å². The molecule has 4 heteroatoms. The van der Waals surface area contributed by atoms with Crippen molar-refractivity contribution in [1.29, 1.82) is 0 Å². The lowest BCUT2D eigenvalue weighted by atomic mass is 10.4. The minimum Gasteiger partial charge on any atom is -0.341 e. The number of nitrogens with one attached hydrogen (secondary N) is 1. The van der Waals surface area contributed by atoms with Gasteiger partial charge in [0.1, 0.15) is 0 Å². The van der Waals surface area contributed by atoms with Gasteiger partial charge < -0.3 is 10.2 Å². The lowest BCUT2D eigenvalue weighted by molar-refractivity contribution is -0.127. The first-order valence-electron chi connectivity index (χ1n) is 4.30. The maximum Gasteiger partial charge on any atom is 0.224 e. The van der Waals surface area contributed by atoms with Crippen molar-refractivity contribution in [3.8, 4) is 0 Å². The summed E-state index contributed by atoms with van der Waals surface area (Å²) in [4.78, 5) is 13.0. The van der Waals surface area contributed by atoms with Crippen molar-refractivity contribution in [1.82, 2.24) is 10.2 Å². The van der Waals surface area contributed by atoms with Crippen molar-refractivity contribution < 1.29 is 4.79 Å². The predicted octanol–water partition coefficient (Wildman–Crippen LogP) is 0.436. The van der Waals surface area contributed by atoms with E-state index in [1.807, 2.05) is 11.9 Å². The summed E-state index contributed by atoms with van der Waals surface area (Å²) in [7, 11) is 1.91. The first-order chi connectivity index (χ1) is 5.74. The second-order valence-electron chi connectivity index (χ2n) is 3.10. The zero-order chi connectivity index (χ0) is 8.97. The molecule has 0 saturated carbocycles. The molecule has 0 aromatic carbocycles. The van der Waals surface area contributed by atoms with Gasteiger partial charge in [-0.25, -0.2) is 0 Å². The van der Waals surface area contributed by atoms with Crippen LogP contribution in [-0.2, 0) is 4.79 Å². The SMILES string of the molecule is CNCCCN1CC(Cl)CC1=O. The number of alkyl halides is 1. The van der Waals surface area contributed by atoms with Crippen LogP contribution < -0.4 is 5.32 Å². The van der Waals surface area contributed by atoms with Crippen LogP contribution >= 0.6 is 11.6 Å². The Labute approximate surface area is 78.1 Å². The molecule has 70 valence electrons. The number of carbonyl (C=O) groups excluding carboxylic acids is 1. The van der Waals surface area contributed by atoms with Crippen LogP contribution in [0.3, 0.4) is 0 Å². The van der Waals surface area contributed by atoms with Crippen LogP contribution in [-0.4, -0.2) is 42.9 Å². The molecule has 1 N–H and O–H groups in total. The van der Waals surface area contributed by atoms with Crippen LogP contribution in [0.4, 0.5) is 0 Å². The van der Waals surface area contributed by atoms with Crippen molar-refractivity contribution in [2.45, 2.75) is 18.2 Å². The van der Waals surface area contributed by atoms with Gasteiger partial charge in [0, 0.05) is 19.5 Å².